The third-order valence-corrected chi connectivity index (χ3v) is 6.95. The number of alkyl halides is 3. The van der Waals surface area contributed by atoms with E-state index in [1.54, 1.807) is 42.2 Å². The van der Waals surface area contributed by atoms with Gasteiger partial charge in [0.05, 0.1) is 24.9 Å². The molecule has 2 fully saturated rings. The summed E-state index contributed by atoms with van der Waals surface area (Å²) in [5.74, 6) is -0.0233. The average Bonchev–Trinajstić information content (AvgIpc) is 3.71. The normalized spacial score (nSPS) is 16.0. The first kappa shape index (κ1) is 28.5. The molecule has 0 bridgehead atoms. The Morgan fingerprint density at radius 1 is 1.07 bits per heavy atom. The van der Waals surface area contributed by atoms with E-state index in [1.165, 1.54) is 18.2 Å². The number of hydrogen-bond acceptors (Lipinski definition) is 7. The largest absolute Gasteiger partial charge is 0.573 e. The van der Waals surface area contributed by atoms with Crippen LogP contribution >= 0.6 is 0 Å². The van der Waals surface area contributed by atoms with E-state index in [4.69, 9.17) is 14.0 Å². The number of likely N-dealkylation sites (tertiary alicyclic amines) is 1. The molecule has 1 aromatic heterocycles. The highest BCUT2D eigenvalue weighted by Crippen LogP contribution is 2.45. The van der Waals surface area contributed by atoms with E-state index in [2.05, 4.69) is 15.2 Å². The third-order valence-electron chi connectivity index (χ3n) is 6.95. The Balaban J connectivity index is 1.20. The van der Waals surface area contributed by atoms with E-state index in [0.717, 1.165) is 12.8 Å². The summed E-state index contributed by atoms with van der Waals surface area (Å²) in [5.41, 5.74) is 1.91. The first-order chi connectivity index (χ1) is 19.7. The van der Waals surface area contributed by atoms with Crippen molar-refractivity contribution in [2.24, 2.45) is 0 Å². The van der Waals surface area contributed by atoms with Gasteiger partial charge in [0.2, 0.25) is 0 Å². The molecule has 1 aliphatic heterocycles. The monoisotopic (exact) mass is 573 g/mol. The van der Waals surface area contributed by atoms with Crippen molar-refractivity contribution >= 4 is 17.7 Å². The summed E-state index contributed by atoms with van der Waals surface area (Å²) < 4.78 is 60.1. The van der Waals surface area contributed by atoms with Gasteiger partial charge in [-0.1, -0.05) is 23.4 Å². The Morgan fingerprint density at radius 2 is 1.83 bits per heavy atom. The number of ether oxygens (including phenoxy) is 3. The Kier molecular flexibility index (Phi) is 8.48. The Hall–Kier alpha value is -4.06. The summed E-state index contributed by atoms with van der Waals surface area (Å²) in [6.45, 7) is 2.99. The molecule has 1 N–H and O–H groups in total. The lowest BCUT2D eigenvalue weighted by molar-refractivity contribution is -0.274. The van der Waals surface area contributed by atoms with Gasteiger partial charge in [-0.15, -0.1) is 13.2 Å². The number of carbonyl (C=O) groups excluding carboxylic acids is 2. The zero-order valence-corrected chi connectivity index (χ0v) is 22.4. The summed E-state index contributed by atoms with van der Waals surface area (Å²) in [7, 11) is 0. The molecule has 2 aliphatic rings. The van der Waals surface area contributed by atoms with Gasteiger partial charge in [0.1, 0.15) is 17.2 Å². The standard InChI is InChI=1S/C29H30F3N3O6/c1-2-38-27(36)19-6-5-7-20(16-19)33-28(37)35-14-12-21(13-15-35)39-17-23-25(34-41-26(23)18-10-11-18)22-8-3-4-9-24(22)40-29(30,31)32/h3-9,16,18,21H,2,10-15,17H2,1H3,(H,33,37). The fourth-order valence-electron chi connectivity index (χ4n) is 4.78. The zero-order valence-electron chi connectivity index (χ0n) is 22.4. The molecule has 0 radical (unpaired) electrons. The Morgan fingerprint density at radius 3 is 2.54 bits per heavy atom. The van der Waals surface area contributed by atoms with Gasteiger partial charge in [0.25, 0.3) is 0 Å². The van der Waals surface area contributed by atoms with Crippen molar-refractivity contribution in [1.82, 2.24) is 10.1 Å². The number of halogens is 3. The first-order valence-electron chi connectivity index (χ1n) is 13.5. The van der Waals surface area contributed by atoms with E-state index in [1.807, 2.05) is 0 Å². The van der Waals surface area contributed by atoms with Crippen LogP contribution in [-0.2, 0) is 16.1 Å². The number of nitrogens with zero attached hydrogens (tertiary/aromatic N) is 2. The van der Waals surface area contributed by atoms with Crippen LogP contribution in [0.4, 0.5) is 23.7 Å². The SMILES string of the molecule is CCOC(=O)c1cccc(NC(=O)N2CCC(OCc3c(-c4ccccc4OC(F)(F)F)noc3C3CC3)CC2)c1. The molecule has 2 heterocycles. The average molecular weight is 574 g/mol. The van der Waals surface area contributed by atoms with Crippen LogP contribution in [0.15, 0.2) is 53.1 Å². The number of piperidine rings is 1. The van der Waals surface area contributed by atoms with Gasteiger partial charge in [-0.05, 0) is 62.9 Å². The van der Waals surface area contributed by atoms with Gasteiger partial charge < -0.3 is 29.0 Å². The van der Waals surface area contributed by atoms with Crippen LogP contribution in [-0.4, -0.2) is 54.2 Å². The van der Waals surface area contributed by atoms with Crippen molar-refractivity contribution in [3.63, 3.8) is 0 Å². The Labute approximate surface area is 234 Å². The number of para-hydroxylation sites is 1. The van der Waals surface area contributed by atoms with Gasteiger partial charge in [-0.2, -0.15) is 0 Å². The maximum atomic E-state index is 13.0. The topological polar surface area (TPSA) is 103 Å². The fourth-order valence-corrected chi connectivity index (χ4v) is 4.78. The number of amides is 2. The number of esters is 1. The molecule has 12 heteroatoms. The second-order valence-corrected chi connectivity index (χ2v) is 9.92. The van der Waals surface area contributed by atoms with Crippen molar-refractivity contribution in [1.29, 1.82) is 0 Å². The number of benzene rings is 2. The lowest BCUT2D eigenvalue weighted by Crippen LogP contribution is -2.43. The third kappa shape index (κ3) is 7.18. The van der Waals surface area contributed by atoms with Crippen molar-refractivity contribution in [3.05, 3.63) is 65.4 Å². The van der Waals surface area contributed by atoms with Gasteiger partial charge in [0.15, 0.2) is 0 Å². The molecule has 1 saturated heterocycles. The van der Waals surface area contributed by atoms with Crippen LogP contribution in [0.1, 0.15) is 60.2 Å². The van der Waals surface area contributed by atoms with Crippen LogP contribution in [0, 0.1) is 0 Å². The molecule has 0 unspecified atom stereocenters. The minimum absolute atomic E-state index is 0.114. The molecule has 2 aromatic carbocycles. The number of anilines is 1. The van der Waals surface area contributed by atoms with Crippen LogP contribution in [0.25, 0.3) is 11.3 Å². The number of hydrogen-bond donors (Lipinski definition) is 1. The summed E-state index contributed by atoms with van der Waals surface area (Å²) in [4.78, 5) is 26.5. The number of carbonyl (C=O) groups is 2. The smallest absolute Gasteiger partial charge is 0.462 e. The van der Waals surface area contributed by atoms with Gasteiger partial charge in [-0.3, -0.25) is 0 Å². The van der Waals surface area contributed by atoms with Crippen LogP contribution in [0.3, 0.4) is 0 Å². The predicted octanol–water partition coefficient (Wildman–Crippen LogP) is 6.51. The van der Waals surface area contributed by atoms with Gasteiger partial charge >= 0.3 is 18.4 Å². The van der Waals surface area contributed by atoms with Crippen LogP contribution < -0.4 is 10.1 Å². The molecule has 3 aromatic rings. The highest BCUT2D eigenvalue weighted by atomic mass is 19.4. The van der Waals surface area contributed by atoms with Gasteiger partial charge in [-0.25, -0.2) is 9.59 Å². The molecule has 2 amide bonds. The number of nitrogens with one attached hydrogen (secondary N) is 1. The van der Waals surface area contributed by atoms with Crippen molar-refractivity contribution in [2.45, 2.75) is 57.6 Å². The van der Waals surface area contributed by atoms with E-state index >= 15 is 0 Å². The first-order valence-corrected chi connectivity index (χ1v) is 13.5. The van der Waals surface area contributed by atoms with Crippen molar-refractivity contribution in [2.75, 3.05) is 25.0 Å². The second-order valence-electron chi connectivity index (χ2n) is 9.92. The Bertz CT molecular complexity index is 1380. The highest BCUT2D eigenvalue weighted by molar-refractivity contribution is 5.94. The molecule has 0 atom stereocenters. The predicted molar refractivity (Wildman–Crippen MR) is 141 cm³/mol. The van der Waals surface area contributed by atoms with Crippen molar-refractivity contribution < 1.29 is 41.5 Å². The molecule has 1 saturated carbocycles. The van der Waals surface area contributed by atoms with Gasteiger partial charge in [0, 0.05) is 35.8 Å². The van der Waals surface area contributed by atoms with Crippen LogP contribution in [0.2, 0.25) is 0 Å². The molecule has 5 rings (SSSR count). The second kappa shape index (κ2) is 12.2. The van der Waals surface area contributed by atoms with E-state index in [9.17, 15) is 22.8 Å². The highest BCUT2D eigenvalue weighted by Gasteiger charge is 2.36. The molecular formula is C29H30F3N3O6. The fraction of sp³-hybridized carbons (Fsp3) is 0.414. The maximum absolute atomic E-state index is 13.0. The minimum Gasteiger partial charge on any atom is -0.462 e. The maximum Gasteiger partial charge on any atom is 0.573 e. The number of rotatable bonds is 9. The molecule has 9 nitrogen and oxygen atoms in total. The van der Waals surface area contributed by atoms with E-state index < -0.39 is 12.3 Å². The molecule has 1 aliphatic carbocycles. The minimum atomic E-state index is -4.85. The summed E-state index contributed by atoms with van der Waals surface area (Å²) in [6.07, 6.45) is -2.04. The molecular weight excluding hydrogens is 543 g/mol. The number of aromatic nitrogens is 1. The lowest BCUT2D eigenvalue weighted by Gasteiger charge is -2.32. The van der Waals surface area contributed by atoms with E-state index in [0.29, 0.717) is 48.5 Å². The summed E-state index contributed by atoms with van der Waals surface area (Å²) >= 11 is 0. The number of urea groups is 1. The van der Waals surface area contributed by atoms with E-state index in [-0.39, 0.29) is 48.3 Å². The molecule has 0 spiro atoms. The molecule has 218 valence electrons. The van der Waals surface area contributed by atoms with Crippen LogP contribution in [0.5, 0.6) is 5.75 Å². The molecule has 41 heavy (non-hydrogen) atoms. The zero-order chi connectivity index (χ0) is 29.0. The lowest BCUT2D eigenvalue weighted by atomic mass is 10.0. The quantitative estimate of drug-likeness (QED) is 0.291. The summed E-state index contributed by atoms with van der Waals surface area (Å²) in [6, 6.07) is 12.1. The summed E-state index contributed by atoms with van der Waals surface area (Å²) in [5, 5.41) is 6.93. The van der Waals surface area contributed by atoms with Crippen molar-refractivity contribution in [3.8, 4) is 17.0 Å².